The second-order valence-corrected chi connectivity index (χ2v) is 4.90. The molecule has 0 heterocycles. The van der Waals surface area contributed by atoms with E-state index in [2.05, 4.69) is 21.2 Å². The van der Waals surface area contributed by atoms with Crippen molar-refractivity contribution in [1.82, 2.24) is 0 Å². The molecule has 0 aromatic heterocycles. The third-order valence-corrected chi connectivity index (χ3v) is 3.33. The van der Waals surface area contributed by atoms with E-state index in [0.717, 1.165) is 0 Å². The molecule has 0 spiro atoms. The fourth-order valence-corrected chi connectivity index (χ4v) is 2.15. The lowest BCUT2D eigenvalue weighted by Gasteiger charge is -2.10. The van der Waals surface area contributed by atoms with Gasteiger partial charge in [-0.3, -0.25) is 4.79 Å². The third-order valence-electron chi connectivity index (χ3n) is 2.64. The van der Waals surface area contributed by atoms with Crippen molar-refractivity contribution in [3.8, 4) is 0 Å². The predicted molar refractivity (Wildman–Crippen MR) is 79.9 cm³/mol. The zero-order chi connectivity index (χ0) is 14.7. The third kappa shape index (κ3) is 2.97. The second-order valence-electron chi connectivity index (χ2n) is 4.04. The van der Waals surface area contributed by atoms with Gasteiger partial charge < -0.3 is 16.2 Å². The smallest absolute Gasteiger partial charge is 0.337 e. The molecule has 102 valence electrons. The largest absolute Gasteiger partial charge is 0.478 e. The first-order chi connectivity index (χ1) is 9.49. The van der Waals surface area contributed by atoms with Gasteiger partial charge in [0.1, 0.15) is 0 Å². The van der Waals surface area contributed by atoms with Gasteiger partial charge in [-0.15, -0.1) is 0 Å². The molecule has 2 rings (SSSR count). The Morgan fingerprint density at radius 1 is 1.10 bits per heavy atom. The molecule has 4 N–H and O–H groups in total. The number of rotatable bonds is 3. The molecular formula is C14H11BrN2O3. The number of halogens is 1. The number of carboxylic acid groups (broad SMARTS) is 1. The average molecular weight is 335 g/mol. The highest BCUT2D eigenvalue weighted by Crippen LogP contribution is 2.22. The molecule has 0 saturated heterocycles. The summed E-state index contributed by atoms with van der Waals surface area (Å²) in [5, 5.41) is 11.7. The summed E-state index contributed by atoms with van der Waals surface area (Å²) >= 11 is 3.27. The van der Waals surface area contributed by atoms with E-state index in [-0.39, 0.29) is 11.3 Å². The Morgan fingerprint density at radius 3 is 2.45 bits per heavy atom. The van der Waals surface area contributed by atoms with Crippen LogP contribution in [-0.2, 0) is 0 Å². The number of nitrogens with one attached hydrogen (secondary N) is 1. The van der Waals surface area contributed by atoms with E-state index in [0.29, 0.717) is 15.7 Å². The molecule has 0 atom stereocenters. The first-order valence-electron chi connectivity index (χ1n) is 5.67. The van der Waals surface area contributed by atoms with Crippen LogP contribution in [0.5, 0.6) is 0 Å². The van der Waals surface area contributed by atoms with Crippen LogP contribution in [0.25, 0.3) is 0 Å². The summed E-state index contributed by atoms with van der Waals surface area (Å²) in [5.41, 5.74) is 6.44. The number of carboxylic acids is 1. The van der Waals surface area contributed by atoms with Gasteiger partial charge in [-0.2, -0.15) is 0 Å². The molecule has 0 radical (unpaired) electrons. The average Bonchev–Trinajstić information content (AvgIpc) is 2.41. The summed E-state index contributed by atoms with van der Waals surface area (Å²) in [4.78, 5) is 23.3. The topological polar surface area (TPSA) is 92.4 Å². The molecule has 0 aliphatic carbocycles. The van der Waals surface area contributed by atoms with E-state index < -0.39 is 11.9 Å². The van der Waals surface area contributed by atoms with E-state index in [1.807, 2.05) is 0 Å². The van der Waals surface area contributed by atoms with Gasteiger partial charge in [0.05, 0.1) is 16.8 Å². The number of benzene rings is 2. The Morgan fingerprint density at radius 2 is 1.80 bits per heavy atom. The maximum atomic E-state index is 12.1. The van der Waals surface area contributed by atoms with Crippen molar-refractivity contribution in [3.63, 3.8) is 0 Å². The van der Waals surface area contributed by atoms with E-state index in [1.165, 1.54) is 18.2 Å². The predicted octanol–water partition coefficient (Wildman–Crippen LogP) is 2.98. The monoisotopic (exact) mass is 334 g/mol. The first-order valence-corrected chi connectivity index (χ1v) is 6.47. The van der Waals surface area contributed by atoms with Crippen molar-refractivity contribution in [1.29, 1.82) is 0 Å². The van der Waals surface area contributed by atoms with Gasteiger partial charge in [0.15, 0.2) is 0 Å². The minimum atomic E-state index is -1.15. The number of anilines is 2. The molecule has 0 unspecified atom stereocenters. The van der Waals surface area contributed by atoms with Crippen molar-refractivity contribution in [2.75, 3.05) is 11.1 Å². The van der Waals surface area contributed by atoms with Gasteiger partial charge in [0.2, 0.25) is 0 Å². The molecular weight excluding hydrogens is 324 g/mol. The Labute approximate surface area is 123 Å². The van der Waals surface area contributed by atoms with Gasteiger partial charge in [-0.25, -0.2) is 4.79 Å². The quantitative estimate of drug-likeness (QED) is 0.752. The van der Waals surface area contributed by atoms with E-state index >= 15 is 0 Å². The van der Waals surface area contributed by atoms with Crippen LogP contribution >= 0.6 is 15.9 Å². The number of nitrogens with two attached hydrogens (primary N) is 1. The number of carbonyl (C=O) groups is 2. The van der Waals surface area contributed by atoms with E-state index in [1.54, 1.807) is 24.3 Å². The molecule has 5 nitrogen and oxygen atoms in total. The molecule has 0 aliphatic heterocycles. The van der Waals surface area contributed by atoms with E-state index in [9.17, 15) is 9.59 Å². The maximum absolute atomic E-state index is 12.1. The minimum Gasteiger partial charge on any atom is -0.478 e. The fraction of sp³-hybridized carbons (Fsp3) is 0. The molecule has 6 heteroatoms. The van der Waals surface area contributed by atoms with Crippen LogP contribution < -0.4 is 11.1 Å². The Balaban J connectivity index is 2.33. The van der Waals surface area contributed by atoms with Crippen LogP contribution in [-0.4, -0.2) is 17.0 Å². The molecule has 2 aromatic carbocycles. The highest BCUT2D eigenvalue weighted by Gasteiger charge is 2.15. The van der Waals surface area contributed by atoms with Gasteiger partial charge in [0.25, 0.3) is 5.91 Å². The summed E-state index contributed by atoms with van der Waals surface area (Å²) in [5.74, 6) is -1.55. The summed E-state index contributed by atoms with van der Waals surface area (Å²) < 4.78 is 0.629. The normalized spacial score (nSPS) is 10.1. The zero-order valence-corrected chi connectivity index (χ0v) is 11.8. The van der Waals surface area contributed by atoms with Gasteiger partial charge in [-0.05, 0) is 46.3 Å². The SMILES string of the molecule is Nc1ccc(NC(=O)c2ccccc2Br)c(C(=O)O)c1. The van der Waals surface area contributed by atoms with Crippen molar-refractivity contribution in [3.05, 3.63) is 58.1 Å². The number of aromatic carboxylic acids is 1. The highest BCUT2D eigenvalue weighted by molar-refractivity contribution is 9.10. The Hall–Kier alpha value is -2.34. The van der Waals surface area contributed by atoms with Crippen LogP contribution in [0.4, 0.5) is 11.4 Å². The van der Waals surface area contributed by atoms with Gasteiger partial charge in [-0.1, -0.05) is 12.1 Å². The van der Waals surface area contributed by atoms with Gasteiger partial charge >= 0.3 is 5.97 Å². The molecule has 0 saturated carbocycles. The molecule has 0 aliphatic rings. The Bertz CT molecular complexity index is 686. The van der Waals surface area contributed by atoms with Crippen LogP contribution in [0.3, 0.4) is 0 Å². The minimum absolute atomic E-state index is 0.0506. The second kappa shape index (κ2) is 5.75. The number of hydrogen-bond donors (Lipinski definition) is 3. The van der Waals surface area contributed by atoms with Crippen LogP contribution in [0, 0.1) is 0 Å². The van der Waals surface area contributed by atoms with E-state index in [4.69, 9.17) is 10.8 Å². The zero-order valence-electron chi connectivity index (χ0n) is 10.3. The first kappa shape index (κ1) is 14.1. The molecule has 20 heavy (non-hydrogen) atoms. The fourth-order valence-electron chi connectivity index (χ4n) is 1.68. The van der Waals surface area contributed by atoms with Gasteiger partial charge in [0, 0.05) is 10.2 Å². The highest BCUT2D eigenvalue weighted by atomic mass is 79.9. The number of amides is 1. The van der Waals surface area contributed by atoms with Crippen molar-refractivity contribution >= 4 is 39.2 Å². The van der Waals surface area contributed by atoms with Crippen LogP contribution in [0.2, 0.25) is 0 Å². The summed E-state index contributed by atoms with van der Waals surface area (Å²) in [6.45, 7) is 0. The van der Waals surface area contributed by atoms with Crippen LogP contribution in [0.1, 0.15) is 20.7 Å². The van der Waals surface area contributed by atoms with Crippen molar-refractivity contribution in [2.24, 2.45) is 0 Å². The lowest BCUT2D eigenvalue weighted by atomic mass is 10.1. The molecule has 0 bridgehead atoms. The number of nitrogen functional groups attached to an aromatic ring is 1. The maximum Gasteiger partial charge on any atom is 0.337 e. The van der Waals surface area contributed by atoms with Crippen LogP contribution in [0.15, 0.2) is 46.9 Å². The number of hydrogen-bond acceptors (Lipinski definition) is 3. The molecule has 0 fully saturated rings. The molecule has 2 aromatic rings. The summed E-state index contributed by atoms with van der Waals surface area (Å²) in [7, 11) is 0. The lowest BCUT2D eigenvalue weighted by molar-refractivity contribution is 0.0698. The standard InChI is InChI=1S/C14H11BrN2O3/c15-11-4-2-1-3-9(11)13(18)17-12-6-5-8(16)7-10(12)14(19)20/h1-7H,16H2,(H,17,18)(H,19,20). The summed E-state index contributed by atoms with van der Waals surface area (Å²) in [6.07, 6.45) is 0. The van der Waals surface area contributed by atoms with Crippen molar-refractivity contribution in [2.45, 2.75) is 0 Å². The number of carbonyl (C=O) groups excluding carboxylic acids is 1. The van der Waals surface area contributed by atoms with Crippen molar-refractivity contribution < 1.29 is 14.7 Å². The lowest BCUT2D eigenvalue weighted by Crippen LogP contribution is -2.15. The molecule has 1 amide bonds. The Kier molecular flexibility index (Phi) is 4.05. The summed E-state index contributed by atoms with van der Waals surface area (Å²) in [6, 6.07) is 11.2.